The molecule has 0 radical (unpaired) electrons. The third kappa shape index (κ3) is 4.13. The predicted octanol–water partition coefficient (Wildman–Crippen LogP) is 3.11. The van der Waals surface area contributed by atoms with Crippen LogP contribution in [0.1, 0.15) is 48.4 Å². The van der Waals surface area contributed by atoms with Crippen LogP contribution in [0.5, 0.6) is 0 Å². The average Bonchev–Trinajstić information content (AvgIpc) is 3.38. The molecule has 7 nitrogen and oxygen atoms in total. The van der Waals surface area contributed by atoms with E-state index in [1.807, 2.05) is 31.1 Å². The predicted molar refractivity (Wildman–Crippen MR) is 115 cm³/mol. The molecule has 0 saturated carbocycles. The zero-order chi connectivity index (χ0) is 22.0. The number of benzene rings is 2. The maximum Gasteiger partial charge on any atom is 0.261 e. The van der Waals surface area contributed by atoms with Crippen LogP contribution in [0.4, 0.5) is 0 Å². The number of hydrogen-bond acceptors (Lipinski definition) is 5. The highest BCUT2D eigenvalue weighted by Gasteiger charge is 2.35. The van der Waals surface area contributed by atoms with Gasteiger partial charge in [-0.2, -0.15) is 0 Å². The van der Waals surface area contributed by atoms with Gasteiger partial charge in [0, 0.05) is 12.1 Å². The molecule has 0 saturated heterocycles. The van der Waals surface area contributed by atoms with E-state index in [0.29, 0.717) is 28.8 Å². The van der Waals surface area contributed by atoms with Gasteiger partial charge >= 0.3 is 0 Å². The molecule has 0 fully saturated rings. The topological polar surface area (TPSA) is 82.9 Å². The number of amides is 3. The minimum atomic E-state index is -0.317. The maximum absolute atomic E-state index is 12.7. The molecule has 1 aliphatic rings. The van der Waals surface area contributed by atoms with E-state index in [-0.39, 0.29) is 30.3 Å². The van der Waals surface area contributed by atoms with Gasteiger partial charge in [-0.3, -0.25) is 24.2 Å². The summed E-state index contributed by atoms with van der Waals surface area (Å²) in [6, 6.07) is 17.3. The van der Waals surface area contributed by atoms with Gasteiger partial charge in [-0.25, -0.2) is 0 Å². The lowest BCUT2D eigenvalue weighted by Gasteiger charge is -2.22. The molecule has 158 valence electrons. The lowest BCUT2D eigenvalue weighted by atomic mass is 10.1. The average molecular weight is 417 g/mol. The van der Waals surface area contributed by atoms with Gasteiger partial charge in [0.1, 0.15) is 5.76 Å². The second kappa shape index (κ2) is 8.57. The second-order valence-electron chi connectivity index (χ2n) is 7.65. The quantitative estimate of drug-likeness (QED) is 0.598. The van der Waals surface area contributed by atoms with E-state index in [0.717, 1.165) is 5.76 Å². The van der Waals surface area contributed by atoms with Gasteiger partial charge in [0.05, 0.1) is 30.0 Å². The van der Waals surface area contributed by atoms with Crippen molar-refractivity contribution in [3.05, 3.63) is 94.9 Å². The molecule has 1 unspecified atom stereocenters. The lowest BCUT2D eigenvalue weighted by Crippen LogP contribution is -2.34. The van der Waals surface area contributed by atoms with Crippen molar-refractivity contribution in [1.82, 2.24) is 15.1 Å². The van der Waals surface area contributed by atoms with Crippen LogP contribution in [0.3, 0.4) is 0 Å². The van der Waals surface area contributed by atoms with E-state index in [9.17, 15) is 14.4 Å². The van der Waals surface area contributed by atoms with Crippen molar-refractivity contribution >= 4 is 17.7 Å². The van der Waals surface area contributed by atoms with Gasteiger partial charge in [-0.05, 0) is 56.1 Å². The first-order valence-corrected chi connectivity index (χ1v) is 9.98. The molecule has 3 aromatic rings. The Morgan fingerprint density at radius 3 is 2.32 bits per heavy atom. The molecule has 4 rings (SSSR count). The fourth-order valence-corrected chi connectivity index (χ4v) is 3.69. The monoisotopic (exact) mass is 417 g/mol. The maximum atomic E-state index is 12.7. The van der Waals surface area contributed by atoms with Gasteiger partial charge in [-0.15, -0.1) is 0 Å². The molecule has 0 spiro atoms. The number of carbonyl (C=O) groups excluding carboxylic acids is 3. The lowest BCUT2D eigenvalue weighted by molar-refractivity contribution is 0.0642. The summed E-state index contributed by atoms with van der Waals surface area (Å²) in [5, 5.41) is 2.93. The van der Waals surface area contributed by atoms with E-state index in [1.165, 1.54) is 4.90 Å². The zero-order valence-electron chi connectivity index (χ0n) is 17.4. The van der Waals surface area contributed by atoms with Crippen molar-refractivity contribution < 1.29 is 18.8 Å². The smallest absolute Gasteiger partial charge is 0.261 e. The van der Waals surface area contributed by atoms with Crippen LogP contribution in [-0.4, -0.2) is 48.2 Å². The Balaban J connectivity index is 1.44. The first-order chi connectivity index (χ1) is 15.0. The Kier molecular flexibility index (Phi) is 5.68. The molecule has 1 aliphatic heterocycles. The number of rotatable bonds is 7. The zero-order valence-corrected chi connectivity index (χ0v) is 17.4. The molecule has 0 bridgehead atoms. The van der Waals surface area contributed by atoms with Crippen LogP contribution >= 0.6 is 0 Å². The van der Waals surface area contributed by atoms with Gasteiger partial charge in [0.25, 0.3) is 17.7 Å². The number of imide groups is 1. The third-order valence-electron chi connectivity index (χ3n) is 5.36. The van der Waals surface area contributed by atoms with Crippen molar-refractivity contribution in [2.75, 3.05) is 20.6 Å². The summed E-state index contributed by atoms with van der Waals surface area (Å²) in [4.78, 5) is 41.1. The molecule has 1 N–H and O–H groups in total. The number of carbonyl (C=O) groups is 3. The Bertz CT molecular complexity index is 1090. The molecule has 7 heteroatoms. The summed E-state index contributed by atoms with van der Waals surface area (Å²) >= 11 is 0. The van der Waals surface area contributed by atoms with E-state index in [1.54, 1.807) is 54.8 Å². The fraction of sp³-hybridized carbons (Fsp3) is 0.208. The van der Waals surface area contributed by atoms with Crippen LogP contribution < -0.4 is 5.32 Å². The highest BCUT2D eigenvalue weighted by molar-refractivity contribution is 6.21. The summed E-state index contributed by atoms with van der Waals surface area (Å²) in [7, 11) is 3.84. The van der Waals surface area contributed by atoms with Crippen molar-refractivity contribution in [2.45, 2.75) is 12.6 Å². The molecule has 31 heavy (non-hydrogen) atoms. The highest BCUT2D eigenvalue weighted by Crippen LogP contribution is 2.24. The third-order valence-corrected chi connectivity index (χ3v) is 5.36. The van der Waals surface area contributed by atoms with Crippen LogP contribution in [-0.2, 0) is 6.54 Å². The number of likely N-dealkylation sites (N-methyl/N-ethyl adjacent to an activating group) is 1. The second-order valence-corrected chi connectivity index (χ2v) is 7.65. The Hall–Kier alpha value is -3.71. The van der Waals surface area contributed by atoms with Crippen molar-refractivity contribution in [3.63, 3.8) is 0 Å². The number of hydrogen-bond donors (Lipinski definition) is 1. The Morgan fingerprint density at radius 2 is 1.71 bits per heavy atom. The van der Waals surface area contributed by atoms with Crippen molar-refractivity contribution in [1.29, 1.82) is 0 Å². The van der Waals surface area contributed by atoms with Gasteiger partial charge in [0.2, 0.25) is 0 Å². The first-order valence-electron chi connectivity index (χ1n) is 9.98. The van der Waals surface area contributed by atoms with Crippen LogP contribution in [0.25, 0.3) is 0 Å². The summed E-state index contributed by atoms with van der Waals surface area (Å²) < 4.78 is 5.47. The number of fused-ring (bicyclic) bond motifs is 1. The number of nitrogens with one attached hydrogen (secondary N) is 1. The summed E-state index contributed by atoms with van der Waals surface area (Å²) in [6.07, 6.45) is 1.61. The van der Waals surface area contributed by atoms with E-state index < -0.39 is 0 Å². The standard InChI is InChI=1S/C24H23N3O4/c1-26(2)20(21-11-6-12-31-21)14-25-22(28)17-8-5-7-16(13-17)15-27-23(29)18-9-3-4-10-19(18)24(27)30/h3-13,20H,14-15H2,1-2H3,(H,25,28). The van der Waals surface area contributed by atoms with Crippen LogP contribution in [0, 0.1) is 0 Å². The van der Waals surface area contributed by atoms with Crippen molar-refractivity contribution in [3.8, 4) is 0 Å². The molecule has 0 aliphatic carbocycles. The summed E-state index contributed by atoms with van der Waals surface area (Å²) in [5.41, 5.74) is 1.99. The highest BCUT2D eigenvalue weighted by atomic mass is 16.3. The van der Waals surface area contributed by atoms with Gasteiger partial charge < -0.3 is 9.73 Å². The molecule has 2 aromatic carbocycles. The first kappa shape index (κ1) is 20.6. The molecular formula is C24H23N3O4. The SMILES string of the molecule is CN(C)C(CNC(=O)c1cccc(CN2C(=O)c3ccccc3C2=O)c1)c1ccco1. The number of nitrogens with zero attached hydrogens (tertiary/aromatic N) is 2. The Labute approximate surface area is 180 Å². The molecule has 3 amide bonds. The minimum absolute atomic E-state index is 0.0968. The fourth-order valence-electron chi connectivity index (χ4n) is 3.69. The van der Waals surface area contributed by atoms with Crippen LogP contribution in [0.15, 0.2) is 71.3 Å². The Morgan fingerprint density at radius 1 is 1.00 bits per heavy atom. The molecule has 2 heterocycles. The normalized spacial score (nSPS) is 14.1. The largest absolute Gasteiger partial charge is 0.468 e. The minimum Gasteiger partial charge on any atom is -0.468 e. The van der Waals surface area contributed by atoms with E-state index in [2.05, 4.69) is 5.32 Å². The molecule has 1 atom stereocenters. The van der Waals surface area contributed by atoms with Crippen LogP contribution in [0.2, 0.25) is 0 Å². The molecule has 1 aromatic heterocycles. The summed E-state index contributed by atoms with van der Waals surface area (Å²) in [5.74, 6) is -0.0993. The summed E-state index contributed by atoms with van der Waals surface area (Å²) in [6.45, 7) is 0.488. The van der Waals surface area contributed by atoms with Crippen molar-refractivity contribution in [2.24, 2.45) is 0 Å². The van der Waals surface area contributed by atoms with Gasteiger partial charge in [-0.1, -0.05) is 24.3 Å². The van der Waals surface area contributed by atoms with E-state index in [4.69, 9.17) is 4.42 Å². The van der Waals surface area contributed by atoms with Gasteiger partial charge in [0.15, 0.2) is 0 Å². The van der Waals surface area contributed by atoms with E-state index >= 15 is 0 Å². The number of furan rings is 1. The molecular weight excluding hydrogens is 394 g/mol.